The van der Waals surface area contributed by atoms with Gasteiger partial charge < -0.3 is 9.84 Å². The van der Waals surface area contributed by atoms with Crippen LogP contribution in [0.25, 0.3) is 0 Å². The van der Waals surface area contributed by atoms with Crippen molar-refractivity contribution >= 4 is 17.6 Å². The topological polar surface area (TPSA) is 128 Å². The number of hydrogen-bond acceptors (Lipinski definition) is 6. The van der Waals surface area contributed by atoms with Crippen molar-refractivity contribution in [1.82, 2.24) is 5.48 Å². The van der Waals surface area contributed by atoms with Gasteiger partial charge in [-0.15, -0.1) is 0 Å². The smallest absolute Gasteiger partial charge is 0.332 e. The number of nitro benzene ring substituents is 1. The largest absolute Gasteiger partial charge is 0.490 e. The zero-order valence-corrected chi connectivity index (χ0v) is 9.78. The third kappa shape index (κ3) is 3.92. The second kappa shape index (κ2) is 6.31. The van der Waals surface area contributed by atoms with Crippen LogP contribution in [-0.4, -0.2) is 35.6 Å². The van der Waals surface area contributed by atoms with Crippen molar-refractivity contribution < 1.29 is 29.2 Å². The molecule has 0 saturated carbocycles. The first-order valence-electron chi connectivity index (χ1n) is 4.92. The first kappa shape index (κ1) is 14.4. The highest BCUT2D eigenvalue weighted by atomic mass is 16.7. The fourth-order valence-corrected chi connectivity index (χ4v) is 1.19. The zero-order valence-electron chi connectivity index (χ0n) is 9.78. The van der Waals surface area contributed by atoms with Crippen molar-refractivity contribution in [3.8, 4) is 5.75 Å². The number of hydrogen-bond donors (Lipinski definition) is 2. The molecule has 0 spiro atoms. The lowest BCUT2D eigenvalue weighted by Gasteiger charge is -2.06. The highest BCUT2D eigenvalue weighted by molar-refractivity contribution is 5.94. The van der Waals surface area contributed by atoms with Crippen LogP contribution in [-0.2, 0) is 9.63 Å². The number of hydroxylamine groups is 1. The molecule has 0 bridgehead atoms. The predicted molar refractivity (Wildman–Crippen MR) is 60.7 cm³/mol. The standard InChI is InChI=1S/C10H10N2O7/c1-18-8-4-6(2-3-7(8)12(16)17)10(15)11-19-5-9(13)14/h2-4H,5H2,1H3,(H,11,15)(H,13,14). The van der Waals surface area contributed by atoms with Crippen molar-refractivity contribution in [3.63, 3.8) is 0 Å². The number of aliphatic carboxylic acids is 1. The number of amides is 1. The molecule has 1 rings (SSSR count). The summed E-state index contributed by atoms with van der Waals surface area (Å²) in [6, 6.07) is 3.45. The number of nitrogens with one attached hydrogen (secondary N) is 1. The van der Waals surface area contributed by atoms with Crippen LogP contribution >= 0.6 is 0 Å². The van der Waals surface area contributed by atoms with E-state index in [1.807, 2.05) is 5.48 Å². The third-order valence-corrected chi connectivity index (χ3v) is 2.00. The van der Waals surface area contributed by atoms with Gasteiger partial charge in [0.15, 0.2) is 12.4 Å². The SMILES string of the molecule is COc1cc(C(=O)NOCC(=O)O)ccc1[N+](=O)[O-]. The molecule has 0 fully saturated rings. The number of benzene rings is 1. The van der Waals surface area contributed by atoms with Crippen LogP contribution in [0.15, 0.2) is 18.2 Å². The molecule has 0 unspecified atom stereocenters. The van der Waals surface area contributed by atoms with E-state index in [1.54, 1.807) is 0 Å². The van der Waals surface area contributed by atoms with Gasteiger partial charge in [0.1, 0.15) is 0 Å². The van der Waals surface area contributed by atoms with Crippen LogP contribution in [0.5, 0.6) is 5.75 Å². The molecule has 0 aliphatic carbocycles. The van der Waals surface area contributed by atoms with E-state index in [0.717, 1.165) is 12.1 Å². The Balaban J connectivity index is 2.81. The fourth-order valence-electron chi connectivity index (χ4n) is 1.19. The average molecular weight is 270 g/mol. The van der Waals surface area contributed by atoms with Crippen molar-refractivity contribution in [2.45, 2.75) is 0 Å². The van der Waals surface area contributed by atoms with E-state index < -0.39 is 23.4 Å². The highest BCUT2D eigenvalue weighted by Gasteiger charge is 2.17. The number of carbonyl (C=O) groups is 2. The molecule has 0 aromatic heterocycles. The third-order valence-electron chi connectivity index (χ3n) is 2.00. The van der Waals surface area contributed by atoms with E-state index >= 15 is 0 Å². The Kier molecular flexibility index (Phi) is 4.77. The summed E-state index contributed by atoms with van der Waals surface area (Å²) >= 11 is 0. The van der Waals surface area contributed by atoms with Gasteiger partial charge in [-0.05, 0) is 6.07 Å². The van der Waals surface area contributed by atoms with E-state index in [1.165, 1.54) is 13.2 Å². The number of carbonyl (C=O) groups excluding carboxylic acids is 1. The Morgan fingerprint density at radius 1 is 1.47 bits per heavy atom. The lowest BCUT2D eigenvalue weighted by atomic mass is 10.2. The quantitative estimate of drug-likeness (QED) is 0.563. The molecule has 1 aromatic carbocycles. The Morgan fingerprint density at radius 2 is 2.16 bits per heavy atom. The van der Waals surface area contributed by atoms with E-state index in [0.29, 0.717) is 0 Å². The fraction of sp³-hybridized carbons (Fsp3) is 0.200. The molecule has 2 N–H and O–H groups in total. The molecule has 9 heteroatoms. The molecule has 0 atom stereocenters. The first-order valence-corrected chi connectivity index (χ1v) is 4.92. The van der Waals surface area contributed by atoms with Gasteiger partial charge in [-0.2, -0.15) is 0 Å². The summed E-state index contributed by atoms with van der Waals surface area (Å²) < 4.78 is 4.78. The summed E-state index contributed by atoms with van der Waals surface area (Å²) in [6.07, 6.45) is 0. The maximum atomic E-state index is 11.5. The average Bonchev–Trinajstić information content (AvgIpc) is 2.37. The summed E-state index contributed by atoms with van der Waals surface area (Å²) in [5, 5.41) is 18.9. The Labute approximate surface area is 106 Å². The molecule has 1 amide bonds. The van der Waals surface area contributed by atoms with E-state index in [9.17, 15) is 19.7 Å². The second-order valence-electron chi connectivity index (χ2n) is 3.26. The number of nitrogens with zero attached hydrogens (tertiary/aromatic N) is 1. The van der Waals surface area contributed by atoms with Crippen LogP contribution in [0.1, 0.15) is 10.4 Å². The van der Waals surface area contributed by atoms with E-state index in [-0.39, 0.29) is 17.0 Å². The van der Waals surface area contributed by atoms with Crippen molar-refractivity contribution in [1.29, 1.82) is 0 Å². The number of nitro groups is 1. The highest BCUT2D eigenvalue weighted by Crippen LogP contribution is 2.27. The summed E-state index contributed by atoms with van der Waals surface area (Å²) in [4.78, 5) is 36.1. The number of ether oxygens (including phenoxy) is 1. The Morgan fingerprint density at radius 3 is 2.68 bits per heavy atom. The Bertz CT molecular complexity index is 515. The van der Waals surface area contributed by atoms with Gasteiger partial charge in [-0.25, -0.2) is 10.3 Å². The van der Waals surface area contributed by atoms with Crippen molar-refractivity contribution in [3.05, 3.63) is 33.9 Å². The summed E-state index contributed by atoms with van der Waals surface area (Å²) in [5.41, 5.74) is 1.63. The minimum absolute atomic E-state index is 0.0350. The monoisotopic (exact) mass is 270 g/mol. The lowest BCUT2D eigenvalue weighted by molar-refractivity contribution is -0.385. The molecule has 0 heterocycles. The molecule has 0 aliphatic rings. The maximum absolute atomic E-state index is 11.5. The van der Waals surface area contributed by atoms with Crippen LogP contribution < -0.4 is 10.2 Å². The van der Waals surface area contributed by atoms with Crippen molar-refractivity contribution in [2.24, 2.45) is 0 Å². The minimum atomic E-state index is -1.25. The number of carboxylic acids is 1. The first-order chi connectivity index (χ1) is 8.95. The van der Waals surface area contributed by atoms with Gasteiger partial charge in [0.25, 0.3) is 5.91 Å². The maximum Gasteiger partial charge on any atom is 0.332 e. The molecule has 102 valence electrons. The minimum Gasteiger partial charge on any atom is -0.490 e. The van der Waals surface area contributed by atoms with Gasteiger partial charge in [-0.3, -0.25) is 19.7 Å². The molecular weight excluding hydrogens is 260 g/mol. The van der Waals surface area contributed by atoms with Crippen LogP contribution in [0, 0.1) is 10.1 Å². The van der Waals surface area contributed by atoms with E-state index in [2.05, 4.69) is 4.84 Å². The van der Waals surface area contributed by atoms with Gasteiger partial charge in [-0.1, -0.05) is 0 Å². The van der Waals surface area contributed by atoms with Gasteiger partial charge >= 0.3 is 11.7 Å². The van der Waals surface area contributed by atoms with E-state index in [4.69, 9.17) is 9.84 Å². The summed E-state index contributed by atoms with van der Waals surface area (Å²) in [7, 11) is 1.23. The molecule has 0 radical (unpaired) electrons. The van der Waals surface area contributed by atoms with Crippen LogP contribution in [0.4, 0.5) is 5.69 Å². The molecule has 0 saturated heterocycles. The predicted octanol–water partition coefficient (Wildman–Crippen LogP) is 0.349. The number of rotatable bonds is 6. The summed E-state index contributed by atoms with van der Waals surface area (Å²) in [5.74, 6) is -2.08. The molecule has 0 aliphatic heterocycles. The normalized spacial score (nSPS) is 9.74. The van der Waals surface area contributed by atoms with Gasteiger partial charge in [0.2, 0.25) is 0 Å². The zero-order chi connectivity index (χ0) is 14.4. The van der Waals surface area contributed by atoms with Gasteiger partial charge in [0.05, 0.1) is 12.0 Å². The number of carboxylic acid groups (broad SMARTS) is 1. The van der Waals surface area contributed by atoms with Gasteiger partial charge in [0, 0.05) is 17.7 Å². The molecule has 1 aromatic rings. The second-order valence-corrected chi connectivity index (χ2v) is 3.26. The van der Waals surface area contributed by atoms with Crippen LogP contribution in [0.3, 0.4) is 0 Å². The summed E-state index contributed by atoms with van der Waals surface area (Å²) in [6.45, 7) is -0.699. The molecule has 9 nitrogen and oxygen atoms in total. The van der Waals surface area contributed by atoms with Crippen molar-refractivity contribution in [2.75, 3.05) is 13.7 Å². The lowest BCUT2D eigenvalue weighted by Crippen LogP contribution is -2.26. The molecule has 19 heavy (non-hydrogen) atoms. The Hall–Kier alpha value is -2.68. The molecular formula is C10H10N2O7. The van der Waals surface area contributed by atoms with Crippen LogP contribution in [0.2, 0.25) is 0 Å². The number of methoxy groups -OCH3 is 1.